The summed E-state index contributed by atoms with van der Waals surface area (Å²) in [7, 11) is 1.83. The van der Waals surface area contributed by atoms with Crippen LogP contribution in [0.4, 0.5) is 4.39 Å². The van der Waals surface area contributed by atoms with E-state index in [0.717, 1.165) is 4.90 Å². The molecule has 1 N–H and O–H groups in total. The molecule has 4 heteroatoms. The van der Waals surface area contributed by atoms with Crippen LogP contribution in [0.1, 0.15) is 12.0 Å². The van der Waals surface area contributed by atoms with Gasteiger partial charge in [0.15, 0.2) is 0 Å². The Kier molecular flexibility index (Phi) is 4.24. The summed E-state index contributed by atoms with van der Waals surface area (Å²) in [6.07, 6.45) is 0.000284. The largest absolute Gasteiger partial charge is 0.550 e. The highest BCUT2D eigenvalue weighted by Gasteiger charge is 2.07. The highest BCUT2D eigenvalue weighted by Crippen LogP contribution is 2.03. The van der Waals surface area contributed by atoms with E-state index in [-0.39, 0.29) is 12.2 Å². The first kappa shape index (κ1) is 11.7. The molecule has 1 rings (SSSR count). The van der Waals surface area contributed by atoms with Gasteiger partial charge in [0.05, 0.1) is 13.6 Å². The number of carbonyl (C=O) groups is 1. The molecule has 3 nitrogen and oxygen atoms in total. The fourth-order valence-corrected chi connectivity index (χ4v) is 1.37. The highest BCUT2D eigenvalue weighted by molar-refractivity contribution is 5.64. The molecule has 0 aliphatic rings. The summed E-state index contributed by atoms with van der Waals surface area (Å²) < 4.78 is 13.2. The van der Waals surface area contributed by atoms with Crippen molar-refractivity contribution >= 4 is 5.97 Å². The van der Waals surface area contributed by atoms with E-state index in [1.807, 2.05) is 7.05 Å². The fourth-order valence-electron chi connectivity index (χ4n) is 1.37. The van der Waals surface area contributed by atoms with Crippen molar-refractivity contribution < 1.29 is 19.2 Å². The second-order valence-corrected chi connectivity index (χ2v) is 3.60. The highest BCUT2D eigenvalue weighted by atomic mass is 19.1. The van der Waals surface area contributed by atoms with E-state index in [1.54, 1.807) is 18.2 Å². The zero-order chi connectivity index (χ0) is 11.3. The van der Waals surface area contributed by atoms with Crippen molar-refractivity contribution in [3.05, 3.63) is 35.6 Å². The summed E-state index contributed by atoms with van der Waals surface area (Å²) >= 11 is 0. The molecule has 0 saturated carbocycles. The number of rotatable bonds is 5. The van der Waals surface area contributed by atoms with Crippen LogP contribution in [0, 0.1) is 5.82 Å². The summed E-state index contributed by atoms with van der Waals surface area (Å²) in [5.74, 6) is -1.31. The lowest BCUT2D eigenvalue weighted by Crippen LogP contribution is -3.07. The van der Waals surface area contributed by atoms with Gasteiger partial charge in [-0.15, -0.1) is 0 Å². The number of hydrogen-bond acceptors (Lipinski definition) is 2. The first-order valence-corrected chi connectivity index (χ1v) is 4.84. The number of carboxylic acids is 1. The molecular formula is C11H14FNO2. The molecular weight excluding hydrogens is 197 g/mol. The molecule has 15 heavy (non-hydrogen) atoms. The Morgan fingerprint density at radius 1 is 1.47 bits per heavy atom. The summed E-state index contributed by atoms with van der Waals surface area (Å²) in [4.78, 5) is 11.2. The van der Waals surface area contributed by atoms with Gasteiger partial charge in [0, 0.05) is 18.0 Å². The van der Waals surface area contributed by atoms with Crippen molar-refractivity contribution in [2.24, 2.45) is 0 Å². The molecule has 1 aromatic rings. The Balaban J connectivity index is 2.47. The van der Waals surface area contributed by atoms with Crippen molar-refractivity contribution in [2.75, 3.05) is 13.6 Å². The van der Waals surface area contributed by atoms with E-state index in [2.05, 4.69) is 0 Å². The smallest absolute Gasteiger partial charge is 0.132 e. The maximum Gasteiger partial charge on any atom is 0.132 e. The van der Waals surface area contributed by atoms with Gasteiger partial charge in [-0.25, -0.2) is 4.39 Å². The maximum absolute atomic E-state index is 13.2. The quantitative estimate of drug-likeness (QED) is 0.677. The molecule has 0 aliphatic heterocycles. The standard InChI is InChI=1S/C11H14FNO2/c1-13(7-6-11(14)15)8-9-4-2-3-5-10(9)12/h2-5H,6-8H2,1H3,(H,14,15). The Morgan fingerprint density at radius 3 is 2.73 bits per heavy atom. The molecule has 1 unspecified atom stereocenters. The van der Waals surface area contributed by atoms with Crippen molar-refractivity contribution in [3.63, 3.8) is 0 Å². The fraction of sp³-hybridized carbons (Fsp3) is 0.364. The van der Waals surface area contributed by atoms with Gasteiger partial charge in [-0.05, 0) is 6.07 Å². The molecule has 0 bridgehead atoms. The Labute approximate surface area is 88.1 Å². The van der Waals surface area contributed by atoms with E-state index in [4.69, 9.17) is 0 Å². The van der Waals surface area contributed by atoms with Crippen LogP contribution >= 0.6 is 0 Å². The molecule has 0 heterocycles. The number of halogens is 1. The van der Waals surface area contributed by atoms with Gasteiger partial charge in [-0.3, -0.25) is 0 Å². The number of hydrogen-bond donors (Lipinski definition) is 1. The van der Waals surface area contributed by atoms with Gasteiger partial charge in [0.2, 0.25) is 0 Å². The molecule has 0 spiro atoms. The maximum atomic E-state index is 13.2. The third-order valence-electron chi connectivity index (χ3n) is 2.21. The number of nitrogens with one attached hydrogen (secondary N) is 1. The summed E-state index contributed by atoms with van der Waals surface area (Å²) in [6, 6.07) is 6.51. The van der Waals surface area contributed by atoms with Gasteiger partial charge in [-0.2, -0.15) is 0 Å². The second-order valence-electron chi connectivity index (χ2n) is 3.60. The predicted molar refractivity (Wildman–Crippen MR) is 51.5 cm³/mol. The van der Waals surface area contributed by atoms with Crippen LogP contribution in [0.15, 0.2) is 24.3 Å². The van der Waals surface area contributed by atoms with Crippen molar-refractivity contribution in [3.8, 4) is 0 Å². The Morgan fingerprint density at radius 2 is 2.13 bits per heavy atom. The molecule has 0 fully saturated rings. The molecule has 1 aromatic carbocycles. The van der Waals surface area contributed by atoms with Crippen LogP contribution in [0.2, 0.25) is 0 Å². The molecule has 1 atom stereocenters. The molecule has 0 aliphatic carbocycles. The van der Waals surface area contributed by atoms with Crippen molar-refractivity contribution in [2.45, 2.75) is 13.0 Å². The number of quaternary nitrogens is 1. The number of benzene rings is 1. The Bertz CT molecular complexity index is 341. The second kappa shape index (κ2) is 5.46. The number of carboxylic acid groups (broad SMARTS) is 1. The normalized spacial score (nSPS) is 12.4. The third-order valence-corrected chi connectivity index (χ3v) is 2.21. The van der Waals surface area contributed by atoms with Crippen LogP contribution in [-0.4, -0.2) is 19.6 Å². The molecule has 0 aromatic heterocycles. The minimum absolute atomic E-state index is 0.000284. The number of carbonyl (C=O) groups excluding carboxylic acids is 1. The van der Waals surface area contributed by atoms with Crippen LogP contribution in [-0.2, 0) is 11.3 Å². The summed E-state index contributed by atoms with van der Waals surface area (Å²) in [5, 5.41) is 10.2. The van der Waals surface area contributed by atoms with Crippen LogP contribution in [0.25, 0.3) is 0 Å². The topological polar surface area (TPSA) is 44.6 Å². The number of aliphatic carboxylic acids is 1. The van der Waals surface area contributed by atoms with Gasteiger partial charge in [0.1, 0.15) is 12.4 Å². The average molecular weight is 211 g/mol. The van der Waals surface area contributed by atoms with Gasteiger partial charge in [-0.1, -0.05) is 18.2 Å². The first-order chi connectivity index (χ1) is 7.09. The van der Waals surface area contributed by atoms with Crippen LogP contribution < -0.4 is 10.0 Å². The first-order valence-electron chi connectivity index (χ1n) is 4.84. The minimum Gasteiger partial charge on any atom is -0.550 e. The predicted octanol–water partition coefficient (Wildman–Crippen LogP) is -1.02. The molecule has 0 amide bonds. The van der Waals surface area contributed by atoms with E-state index < -0.39 is 5.97 Å². The van der Waals surface area contributed by atoms with E-state index >= 15 is 0 Å². The van der Waals surface area contributed by atoms with E-state index in [9.17, 15) is 14.3 Å². The lowest BCUT2D eigenvalue weighted by Gasteiger charge is -2.14. The molecule has 82 valence electrons. The third kappa shape index (κ3) is 4.08. The molecule has 0 saturated heterocycles. The lowest BCUT2D eigenvalue weighted by atomic mass is 10.2. The van der Waals surface area contributed by atoms with Gasteiger partial charge < -0.3 is 14.8 Å². The minimum atomic E-state index is -1.07. The van der Waals surface area contributed by atoms with Crippen molar-refractivity contribution in [1.29, 1.82) is 0 Å². The summed E-state index contributed by atoms with van der Waals surface area (Å²) in [5.41, 5.74) is 0.605. The monoisotopic (exact) mass is 211 g/mol. The van der Waals surface area contributed by atoms with Crippen LogP contribution in [0.5, 0.6) is 0 Å². The summed E-state index contributed by atoms with van der Waals surface area (Å²) in [6.45, 7) is 0.927. The van der Waals surface area contributed by atoms with Gasteiger partial charge in [0.25, 0.3) is 0 Å². The van der Waals surface area contributed by atoms with E-state index in [1.165, 1.54) is 6.07 Å². The van der Waals surface area contributed by atoms with E-state index in [0.29, 0.717) is 18.7 Å². The van der Waals surface area contributed by atoms with Crippen LogP contribution in [0.3, 0.4) is 0 Å². The Hall–Kier alpha value is -1.42. The zero-order valence-electron chi connectivity index (χ0n) is 8.63. The van der Waals surface area contributed by atoms with Crippen molar-refractivity contribution in [1.82, 2.24) is 0 Å². The zero-order valence-corrected chi connectivity index (χ0v) is 8.63. The molecule has 0 radical (unpaired) electrons. The SMILES string of the molecule is C[NH+](CCC(=O)[O-])Cc1ccccc1F. The van der Waals surface area contributed by atoms with Gasteiger partial charge >= 0.3 is 0 Å². The lowest BCUT2D eigenvalue weighted by molar-refractivity contribution is -0.893. The average Bonchev–Trinajstić information content (AvgIpc) is 2.18.